The summed E-state index contributed by atoms with van der Waals surface area (Å²) in [5, 5.41) is 1.46. The van der Waals surface area contributed by atoms with Gasteiger partial charge in [0.2, 0.25) is 0 Å². The van der Waals surface area contributed by atoms with Crippen LogP contribution in [0.5, 0.6) is 0 Å². The lowest BCUT2D eigenvalue weighted by molar-refractivity contribution is 0.308. The van der Waals surface area contributed by atoms with Gasteiger partial charge in [-0.3, -0.25) is 9.88 Å². The first-order chi connectivity index (χ1) is 12.2. The number of pyridine rings is 1. The van der Waals surface area contributed by atoms with Crippen LogP contribution in [0.1, 0.15) is 41.6 Å². The number of nitrogens with zero attached hydrogens (tertiary/aromatic N) is 3. The molecule has 0 aliphatic carbocycles. The van der Waals surface area contributed by atoms with Gasteiger partial charge in [0.1, 0.15) is 0 Å². The highest BCUT2D eigenvalue weighted by atomic mass is 15.2. The van der Waals surface area contributed by atoms with Crippen LogP contribution in [0.2, 0.25) is 0 Å². The van der Waals surface area contributed by atoms with E-state index < -0.39 is 0 Å². The van der Waals surface area contributed by atoms with Gasteiger partial charge >= 0.3 is 0 Å². The van der Waals surface area contributed by atoms with Crippen molar-refractivity contribution in [1.29, 1.82) is 0 Å². The minimum absolute atomic E-state index is 0.696. The lowest BCUT2D eigenvalue weighted by Crippen LogP contribution is -2.25. The third kappa shape index (κ3) is 2.34. The van der Waals surface area contributed by atoms with Gasteiger partial charge in [0, 0.05) is 48.7 Å². The Morgan fingerprint density at radius 1 is 1.28 bits per heavy atom. The van der Waals surface area contributed by atoms with E-state index in [0.717, 1.165) is 6.54 Å². The second kappa shape index (κ2) is 5.57. The summed E-state index contributed by atoms with van der Waals surface area (Å²) in [6.07, 6.45) is 7.38. The van der Waals surface area contributed by atoms with Gasteiger partial charge in [0.05, 0.1) is 5.52 Å². The van der Waals surface area contributed by atoms with Crippen LogP contribution in [0, 0.1) is 6.92 Å². The number of hydrogen-bond donors (Lipinski definition) is 0. The minimum Gasteiger partial charge on any atom is -0.318 e. The van der Waals surface area contributed by atoms with Crippen LogP contribution < -0.4 is 0 Å². The normalized spacial score (nSPS) is 22.4. The van der Waals surface area contributed by atoms with Gasteiger partial charge in [-0.15, -0.1) is 0 Å². The van der Waals surface area contributed by atoms with Crippen molar-refractivity contribution in [1.82, 2.24) is 14.5 Å². The number of allylic oxidation sites excluding steroid dienone is 1. The standard InChI is InChI=1S/C22H23N3/c1-15-5-6-20-19(10-15)22-18-7-9-24(13-18)14-21(22)25(20)12-16(2)17-4-3-8-23-11-17/h3-6,8,10-12,18H,7,9,13-14H2,1-2H3/b16-12+. The van der Waals surface area contributed by atoms with Crippen molar-refractivity contribution in [2.75, 3.05) is 13.1 Å². The largest absolute Gasteiger partial charge is 0.318 e. The number of rotatable bonds is 2. The van der Waals surface area contributed by atoms with Crippen molar-refractivity contribution in [3.63, 3.8) is 0 Å². The summed E-state index contributed by atoms with van der Waals surface area (Å²) in [5.41, 5.74) is 8.21. The molecule has 0 saturated carbocycles. The summed E-state index contributed by atoms with van der Waals surface area (Å²) >= 11 is 0. The Morgan fingerprint density at radius 2 is 2.20 bits per heavy atom. The van der Waals surface area contributed by atoms with Gasteiger partial charge < -0.3 is 4.57 Å². The highest BCUT2D eigenvalue weighted by molar-refractivity contribution is 5.91. The fourth-order valence-electron chi connectivity index (χ4n) is 4.56. The molecule has 126 valence electrons. The summed E-state index contributed by atoms with van der Waals surface area (Å²) in [5.74, 6) is 0.696. The molecule has 2 unspecified atom stereocenters. The topological polar surface area (TPSA) is 21.1 Å². The smallest absolute Gasteiger partial charge is 0.0529 e. The SMILES string of the molecule is C/C(=C\n1c2c(c3cc(C)ccc31)C1CCN(C2)C1)c1cccnc1. The first-order valence-corrected chi connectivity index (χ1v) is 9.15. The maximum atomic E-state index is 4.27. The zero-order valence-corrected chi connectivity index (χ0v) is 14.9. The van der Waals surface area contributed by atoms with Crippen LogP contribution in [-0.2, 0) is 6.54 Å². The minimum atomic E-state index is 0.696. The van der Waals surface area contributed by atoms with E-state index in [2.05, 4.69) is 58.8 Å². The Morgan fingerprint density at radius 3 is 3.04 bits per heavy atom. The molecule has 0 amide bonds. The van der Waals surface area contributed by atoms with Crippen molar-refractivity contribution in [3.05, 3.63) is 65.1 Å². The van der Waals surface area contributed by atoms with Crippen LogP contribution >= 0.6 is 0 Å². The molecule has 25 heavy (non-hydrogen) atoms. The molecule has 2 bridgehead atoms. The Balaban J connectivity index is 1.75. The second-order valence-corrected chi connectivity index (χ2v) is 7.53. The van der Waals surface area contributed by atoms with Crippen molar-refractivity contribution >= 4 is 22.7 Å². The van der Waals surface area contributed by atoms with Crippen LogP contribution in [0.4, 0.5) is 0 Å². The molecular weight excluding hydrogens is 306 g/mol. The molecule has 2 atom stereocenters. The molecule has 4 heterocycles. The quantitative estimate of drug-likeness (QED) is 0.681. The van der Waals surface area contributed by atoms with E-state index >= 15 is 0 Å². The molecule has 5 rings (SSSR count). The zero-order valence-electron chi connectivity index (χ0n) is 14.9. The van der Waals surface area contributed by atoms with E-state index in [1.807, 2.05) is 18.5 Å². The molecule has 3 nitrogen and oxygen atoms in total. The fraction of sp³-hybridized carbons (Fsp3) is 0.318. The lowest BCUT2D eigenvalue weighted by Gasteiger charge is -2.24. The number of aryl methyl sites for hydroxylation is 1. The van der Waals surface area contributed by atoms with Gasteiger partial charge in [0.25, 0.3) is 0 Å². The maximum absolute atomic E-state index is 4.27. The molecule has 1 saturated heterocycles. The highest BCUT2D eigenvalue weighted by Crippen LogP contribution is 2.42. The monoisotopic (exact) mass is 329 g/mol. The Hall–Kier alpha value is -2.39. The maximum Gasteiger partial charge on any atom is 0.0529 e. The Kier molecular flexibility index (Phi) is 3.32. The number of hydrogen-bond acceptors (Lipinski definition) is 2. The first kappa shape index (κ1) is 14.9. The first-order valence-electron chi connectivity index (χ1n) is 9.15. The average Bonchev–Trinajstić information content (AvgIpc) is 3.15. The molecule has 3 heteroatoms. The van der Waals surface area contributed by atoms with Crippen molar-refractivity contribution in [2.45, 2.75) is 32.7 Å². The third-order valence-electron chi connectivity index (χ3n) is 5.80. The third-order valence-corrected chi connectivity index (χ3v) is 5.80. The van der Waals surface area contributed by atoms with Gasteiger partial charge in [-0.1, -0.05) is 17.7 Å². The van der Waals surface area contributed by atoms with Crippen LogP contribution in [0.3, 0.4) is 0 Å². The van der Waals surface area contributed by atoms with Crippen LogP contribution in [0.25, 0.3) is 22.7 Å². The van der Waals surface area contributed by atoms with E-state index in [9.17, 15) is 0 Å². The van der Waals surface area contributed by atoms with E-state index in [-0.39, 0.29) is 0 Å². The molecule has 3 aromatic rings. The predicted octanol–water partition coefficient (Wildman–Crippen LogP) is 4.67. The number of aromatic nitrogens is 2. The molecule has 2 aromatic heterocycles. The van der Waals surface area contributed by atoms with Crippen LogP contribution in [-0.4, -0.2) is 27.5 Å². The molecule has 1 aromatic carbocycles. The molecule has 0 spiro atoms. The van der Waals surface area contributed by atoms with Crippen LogP contribution in [0.15, 0.2) is 42.7 Å². The van der Waals surface area contributed by atoms with Crippen molar-refractivity contribution < 1.29 is 0 Å². The summed E-state index contributed by atoms with van der Waals surface area (Å²) in [6.45, 7) is 7.91. The highest BCUT2D eigenvalue weighted by Gasteiger charge is 2.35. The summed E-state index contributed by atoms with van der Waals surface area (Å²) in [6, 6.07) is 11.0. The van der Waals surface area contributed by atoms with Gasteiger partial charge in [-0.25, -0.2) is 0 Å². The van der Waals surface area contributed by atoms with E-state index in [0.29, 0.717) is 5.92 Å². The van der Waals surface area contributed by atoms with Crippen molar-refractivity contribution in [2.24, 2.45) is 0 Å². The lowest BCUT2D eigenvalue weighted by atomic mass is 9.93. The average molecular weight is 329 g/mol. The van der Waals surface area contributed by atoms with E-state index in [4.69, 9.17) is 0 Å². The van der Waals surface area contributed by atoms with E-state index in [1.54, 1.807) is 5.56 Å². The van der Waals surface area contributed by atoms with Gasteiger partial charge in [-0.2, -0.15) is 0 Å². The molecule has 0 N–H and O–H groups in total. The molecule has 2 aliphatic rings. The number of fused-ring (bicyclic) bond motifs is 6. The summed E-state index contributed by atoms with van der Waals surface area (Å²) in [4.78, 5) is 6.87. The second-order valence-electron chi connectivity index (χ2n) is 7.53. The van der Waals surface area contributed by atoms with Gasteiger partial charge in [-0.05, 0) is 61.7 Å². The summed E-state index contributed by atoms with van der Waals surface area (Å²) < 4.78 is 2.44. The summed E-state index contributed by atoms with van der Waals surface area (Å²) in [7, 11) is 0. The fourth-order valence-corrected chi connectivity index (χ4v) is 4.56. The Labute approximate surface area is 148 Å². The van der Waals surface area contributed by atoms with Crippen molar-refractivity contribution in [3.8, 4) is 0 Å². The molecule has 0 radical (unpaired) electrons. The molecular formula is C22H23N3. The molecule has 1 fully saturated rings. The Bertz CT molecular complexity index is 981. The number of benzene rings is 1. The van der Waals surface area contributed by atoms with Gasteiger partial charge in [0.15, 0.2) is 0 Å². The van der Waals surface area contributed by atoms with E-state index in [1.165, 1.54) is 52.8 Å². The molecule has 2 aliphatic heterocycles. The predicted molar refractivity (Wildman–Crippen MR) is 103 cm³/mol. The zero-order chi connectivity index (χ0) is 17.0.